The summed E-state index contributed by atoms with van der Waals surface area (Å²) in [6.45, 7) is 1.18. The Morgan fingerprint density at radius 1 is 1.33 bits per heavy atom. The Labute approximate surface area is 121 Å². The van der Waals surface area contributed by atoms with Crippen LogP contribution in [0, 0.1) is 6.92 Å². The maximum Gasteiger partial charge on any atom is 0.411 e. The van der Waals surface area contributed by atoms with Crippen LogP contribution in [-0.2, 0) is 4.74 Å². The highest BCUT2D eigenvalue weighted by Gasteiger charge is 2.27. The summed E-state index contributed by atoms with van der Waals surface area (Å²) >= 11 is 0. The normalized spacial score (nSPS) is 13.2. The van der Waals surface area contributed by atoms with Gasteiger partial charge in [0, 0.05) is 13.1 Å². The highest BCUT2D eigenvalue weighted by atomic mass is 19.4. The molecule has 0 aliphatic heterocycles. The summed E-state index contributed by atoms with van der Waals surface area (Å²) in [6, 6.07) is 7.43. The van der Waals surface area contributed by atoms with Gasteiger partial charge in [0.15, 0.2) is 0 Å². The summed E-state index contributed by atoms with van der Waals surface area (Å²) in [5.41, 5.74) is 1.06. The molecule has 0 fully saturated rings. The molecule has 0 radical (unpaired) electrons. The van der Waals surface area contributed by atoms with Crippen LogP contribution >= 0.6 is 0 Å². The van der Waals surface area contributed by atoms with E-state index < -0.39 is 18.9 Å². The Morgan fingerprint density at radius 2 is 2.10 bits per heavy atom. The number of hydrogen-bond donors (Lipinski definition) is 2. The van der Waals surface area contributed by atoms with E-state index in [0.29, 0.717) is 5.75 Å². The van der Waals surface area contributed by atoms with Crippen LogP contribution in [0.2, 0.25) is 0 Å². The molecule has 1 aromatic carbocycles. The van der Waals surface area contributed by atoms with Gasteiger partial charge in [-0.25, -0.2) is 0 Å². The number of alkyl halides is 3. The number of ether oxygens (including phenoxy) is 2. The quantitative estimate of drug-likeness (QED) is 0.684. The molecule has 0 saturated carbocycles. The Hall–Kier alpha value is -1.31. The SMILES string of the molecule is Cc1cccc(OCC(O)CNCCOCC(F)(F)F)c1. The zero-order valence-electron chi connectivity index (χ0n) is 11.8. The van der Waals surface area contributed by atoms with Crippen molar-refractivity contribution in [2.45, 2.75) is 19.2 Å². The van der Waals surface area contributed by atoms with Gasteiger partial charge in [0.05, 0.1) is 6.61 Å². The summed E-state index contributed by atoms with van der Waals surface area (Å²) in [4.78, 5) is 0. The molecule has 2 N–H and O–H groups in total. The van der Waals surface area contributed by atoms with E-state index in [2.05, 4.69) is 10.1 Å². The molecule has 0 aromatic heterocycles. The summed E-state index contributed by atoms with van der Waals surface area (Å²) in [5.74, 6) is 0.669. The van der Waals surface area contributed by atoms with Crippen molar-refractivity contribution in [3.8, 4) is 5.75 Å². The Morgan fingerprint density at radius 3 is 2.76 bits per heavy atom. The predicted molar refractivity (Wildman–Crippen MR) is 72.4 cm³/mol. The number of aliphatic hydroxyl groups is 1. The maximum absolute atomic E-state index is 11.8. The standard InChI is InChI=1S/C14H20F3NO3/c1-11-3-2-4-13(7-11)21-9-12(19)8-18-5-6-20-10-14(15,16)17/h2-4,7,12,18-19H,5-6,8-10H2,1H3. The van der Waals surface area contributed by atoms with E-state index in [9.17, 15) is 18.3 Å². The molecule has 7 heteroatoms. The van der Waals surface area contributed by atoms with Crippen LogP contribution in [0.25, 0.3) is 0 Å². The van der Waals surface area contributed by atoms with Crippen molar-refractivity contribution in [3.05, 3.63) is 29.8 Å². The largest absolute Gasteiger partial charge is 0.491 e. The zero-order valence-corrected chi connectivity index (χ0v) is 11.8. The average molecular weight is 307 g/mol. The van der Waals surface area contributed by atoms with Gasteiger partial charge < -0.3 is 19.9 Å². The molecule has 1 unspecified atom stereocenters. The molecule has 0 aliphatic rings. The second-order valence-electron chi connectivity index (χ2n) is 4.65. The fourth-order valence-corrected chi connectivity index (χ4v) is 1.56. The van der Waals surface area contributed by atoms with Gasteiger partial charge >= 0.3 is 6.18 Å². The first-order valence-electron chi connectivity index (χ1n) is 6.59. The molecular weight excluding hydrogens is 287 g/mol. The average Bonchev–Trinajstić information content (AvgIpc) is 2.39. The van der Waals surface area contributed by atoms with Gasteiger partial charge in [-0.1, -0.05) is 12.1 Å². The molecule has 21 heavy (non-hydrogen) atoms. The first kappa shape index (κ1) is 17.7. The van der Waals surface area contributed by atoms with Crippen LogP contribution in [0.3, 0.4) is 0 Å². The van der Waals surface area contributed by atoms with Gasteiger partial charge in [0.25, 0.3) is 0 Å². The van der Waals surface area contributed by atoms with Gasteiger partial charge in [-0.15, -0.1) is 0 Å². The van der Waals surface area contributed by atoms with Crippen molar-refractivity contribution >= 4 is 0 Å². The summed E-state index contributed by atoms with van der Waals surface area (Å²) in [6.07, 6.45) is -5.05. The van der Waals surface area contributed by atoms with E-state index in [4.69, 9.17) is 4.74 Å². The number of halogens is 3. The number of benzene rings is 1. The topological polar surface area (TPSA) is 50.7 Å². The van der Waals surface area contributed by atoms with Gasteiger partial charge in [-0.05, 0) is 24.6 Å². The first-order valence-corrected chi connectivity index (χ1v) is 6.59. The summed E-state index contributed by atoms with van der Waals surface area (Å²) in [7, 11) is 0. The third-order valence-electron chi connectivity index (χ3n) is 2.50. The lowest BCUT2D eigenvalue weighted by Gasteiger charge is -2.14. The van der Waals surface area contributed by atoms with Gasteiger partial charge in [0.2, 0.25) is 0 Å². The number of nitrogens with one attached hydrogen (secondary N) is 1. The molecule has 0 amide bonds. The summed E-state index contributed by atoms with van der Waals surface area (Å²) < 4.78 is 45.2. The zero-order chi connectivity index (χ0) is 15.7. The van der Waals surface area contributed by atoms with Gasteiger partial charge in [-0.3, -0.25) is 0 Å². The van der Waals surface area contributed by atoms with Crippen molar-refractivity contribution in [1.29, 1.82) is 0 Å². The van der Waals surface area contributed by atoms with Crippen LogP contribution in [0.4, 0.5) is 13.2 Å². The van der Waals surface area contributed by atoms with Crippen LogP contribution in [-0.4, -0.2) is 50.3 Å². The minimum absolute atomic E-state index is 0.0645. The second kappa shape index (κ2) is 8.86. The first-order chi connectivity index (χ1) is 9.87. The van der Waals surface area contributed by atoms with Crippen LogP contribution in [0.5, 0.6) is 5.75 Å². The van der Waals surface area contributed by atoms with Crippen LogP contribution < -0.4 is 10.1 Å². The number of aliphatic hydroxyl groups excluding tert-OH is 1. The van der Waals surface area contributed by atoms with E-state index in [1.54, 1.807) is 6.07 Å². The fourth-order valence-electron chi connectivity index (χ4n) is 1.56. The number of hydrogen-bond acceptors (Lipinski definition) is 4. The van der Waals surface area contributed by atoms with Crippen molar-refractivity contribution in [1.82, 2.24) is 5.32 Å². The number of rotatable bonds is 9. The highest BCUT2D eigenvalue weighted by Crippen LogP contribution is 2.14. The van der Waals surface area contributed by atoms with E-state index in [1.165, 1.54) is 0 Å². The molecule has 0 bridgehead atoms. The molecule has 0 saturated heterocycles. The lowest BCUT2D eigenvalue weighted by Crippen LogP contribution is -2.33. The molecule has 0 heterocycles. The minimum Gasteiger partial charge on any atom is -0.491 e. The maximum atomic E-state index is 11.8. The van der Waals surface area contributed by atoms with Crippen LogP contribution in [0.15, 0.2) is 24.3 Å². The minimum atomic E-state index is -4.30. The lowest BCUT2D eigenvalue weighted by atomic mass is 10.2. The smallest absolute Gasteiger partial charge is 0.411 e. The third kappa shape index (κ3) is 9.28. The van der Waals surface area contributed by atoms with Crippen molar-refractivity contribution in [2.75, 3.05) is 32.9 Å². The second-order valence-corrected chi connectivity index (χ2v) is 4.65. The predicted octanol–water partition coefficient (Wildman–Crippen LogP) is 1.90. The van der Waals surface area contributed by atoms with Crippen molar-refractivity contribution in [2.24, 2.45) is 0 Å². The van der Waals surface area contributed by atoms with E-state index >= 15 is 0 Å². The molecule has 1 rings (SSSR count). The molecular formula is C14H20F3NO3. The molecule has 4 nitrogen and oxygen atoms in total. The number of aryl methyl sites for hydroxylation is 1. The Balaban J connectivity index is 2.05. The van der Waals surface area contributed by atoms with Gasteiger partial charge in [0.1, 0.15) is 25.1 Å². The van der Waals surface area contributed by atoms with Crippen molar-refractivity contribution < 1.29 is 27.8 Å². The van der Waals surface area contributed by atoms with Gasteiger partial charge in [-0.2, -0.15) is 13.2 Å². The molecule has 120 valence electrons. The highest BCUT2D eigenvalue weighted by molar-refractivity contribution is 5.27. The lowest BCUT2D eigenvalue weighted by molar-refractivity contribution is -0.173. The summed E-state index contributed by atoms with van der Waals surface area (Å²) in [5, 5.41) is 12.5. The van der Waals surface area contributed by atoms with Crippen LogP contribution in [0.1, 0.15) is 5.56 Å². The third-order valence-corrected chi connectivity index (χ3v) is 2.50. The molecule has 0 spiro atoms. The molecule has 1 aromatic rings. The Kier molecular flexibility index (Phi) is 7.49. The van der Waals surface area contributed by atoms with Crippen molar-refractivity contribution in [3.63, 3.8) is 0 Å². The Bertz CT molecular complexity index is 413. The molecule has 0 aliphatic carbocycles. The monoisotopic (exact) mass is 307 g/mol. The van der Waals surface area contributed by atoms with E-state index in [1.807, 2.05) is 25.1 Å². The van der Waals surface area contributed by atoms with E-state index in [-0.39, 0.29) is 26.3 Å². The molecule has 1 atom stereocenters. The van der Waals surface area contributed by atoms with E-state index in [0.717, 1.165) is 5.56 Å². The fraction of sp³-hybridized carbons (Fsp3) is 0.571.